The number of rotatable bonds is 5. The van der Waals surface area contributed by atoms with Crippen molar-refractivity contribution in [3.8, 4) is 0 Å². The summed E-state index contributed by atoms with van der Waals surface area (Å²) in [5.74, 6) is 0.971. The summed E-state index contributed by atoms with van der Waals surface area (Å²) in [5.41, 5.74) is 0. The Morgan fingerprint density at radius 1 is 1.27 bits per heavy atom. The van der Waals surface area contributed by atoms with Crippen molar-refractivity contribution in [1.82, 2.24) is 5.32 Å². The Kier molecular flexibility index (Phi) is 7.39. The first-order valence-electron chi connectivity index (χ1n) is 5.60. The van der Waals surface area contributed by atoms with Crippen molar-refractivity contribution in [1.29, 1.82) is 0 Å². The largest absolute Gasteiger partial charge is 0.463 e. The van der Waals surface area contributed by atoms with Crippen molar-refractivity contribution >= 4 is 17.4 Å². The molecular weight excluding hydrogens is 206 g/mol. The smallest absolute Gasteiger partial charge is 0.257 e. The van der Waals surface area contributed by atoms with Crippen molar-refractivity contribution in [3.63, 3.8) is 0 Å². The Hall–Kier alpha value is -0.570. The lowest BCUT2D eigenvalue weighted by Crippen LogP contribution is -2.30. The highest BCUT2D eigenvalue weighted by molar-refractivity contribution is 7.80. The average Bonchev–Trinajstić information content (AvgIpc) is 2.11. The van der Waals surface area contributed by atoms with Gasteiger partial charge in [-0.05, 0) is 37.1 Å². The number of thiocarbonyl (C=S) groups is 1. The van der Waals surface area contributed by atoms with Crippen molar-refractivity contribution in [2.75, 3.05) is 6.54 Å². The van der Waals surface area contributed by atoms with Gasteiger partial charge < -0.3 is 10.1 Å². The van der Waals surface area contributed by atoms with Gasteiger partial charge >= 0.3 is 0 Å². The van der Waals surface area contributed by atoms with E-state index in [2.05, 4.69) is 45.2 Å². The summed E-state index contributed by atoms with van der Waals surface area (Å²) in [6.07, 6.45) is 4.32. The van der Waals surface area contributed by atoms with Crippen molar-refractivity contribution in [2.24, 2.45) is 11.8 Å². The Morgan fingerprint density at radius 2 is 1.87 bits per heavy atom. The summed E-state index contributed by atoms with van der Waals surface area (Å²) >= 11 is 5.06. The molecule has 1 unspecified atom stereocenters. The minimum absolute atomic E-state index is 0.0685. The lowest BCUT2D eigenvalue weighted by atomic mass is 10.1. The highest BCUT2D eigenvalue weighted by Gasteiger charge is 2.12. The summed E-state index contributed by atoms with van der Waals surface area (Å²) in [5, 5.41) is 3.48. The second-order valence-corrected chi connectivity index (χ2v) is 4.64. The molecule has 0 aliphatic rings. The van der Waals surface area contributed by atoms with Gasteiger partial charge in [0.05, 0.1) is 0 Å². The molecule has 0 bridgehead atoms. The fraction of sp³-hybridized carbons (Fsp3) is 0.750. The van der Waals surface area contributed by atoms with Crippen LogP contribution in [0.2, 0.25) is 0 Å². The molecule has 0 rings (SSSR count). The third kappa shape index (κ3) is 7.37. The molecule has 1 atom stereocenters. The van der Waals surface area contributed by atoms with Crippen LogP contribution in [0.1, 0.15) is 34.6 Å². The van der Waals surface area contributed by atoms with E-state index in [1.165, 1.54) is 0 Å². The normalized spacial score (nSPS) is 13.5. The number of ether oxygens (including phenoxy) is 1. The van der Waals surface area contributed by atoms with Crippen molar-refractivity contribution in [3.05, 3.63) is 12.2 Å². The molecule has 1 N–H and O–H groups in total. The van der Waals surface area contributed by atoms with E-state index in [0.717, 1.165) is 6.54 Å². The van der Waals surface area contributed by atoms with Crippen LogP contribution in [-0.2, 0) is 4.74 Å². The van der Waals surface area contributed by atoms with Crippen LogP contribution in [0, 0.1) is 11.8 Å². The Labute approximate surface area is 99.1 Å². The predicted molar refractivity (Wildman–Crippen MR) is 70.0 cm³/mol. The lowest BCUT2D eigenvalue weighted by molar-refractivity contribution is 0.181. The maximum atomic E-state index is 5.64. The average molecular weight is 229 g/mol. The molecule has 0 radical (unpaired) electrons. The van der Waals surface area contributed by atoms with Gasteiger partial charge in [-0.1, -0.05) is 33.8 Å². The fourth-order valence-corrected chi connectivity index (χ4v) is 1.29. The van der Waals surface area contributed by atoms with E-state index in [0.29, 0.717) is 17.0 Å². The minimum atomic E-state index is 0.0685. The van der Waals surface area contributed by atoms with E-state index in [1.807, 2.05) is 6.92 Å². The predicted octanol–water partition coefficient (Wildman–Crippen LogP) is 3.13. The van der Waals surface area contributed by atoms with Crippen LogP contribution >= 0.6 is 12.2 Å². The van der Waals surface area contributed by atoms with E-state index in [4.69, 9.17) is 17.0 Å². The van der Waals surface area contributed by atoms with Gasteiger partial charge in [-0.25, -0.2) is 0 Å². The van der Waals surface area contributed by atoms with Crippen LogP contribution in [0.25, 0.3) is 0 Å². The zero-order valence-electron chi connectivity index (χ0n) is 10.4. The van der Waals surface area contributed by atoms with Gasteiger partial charge in [0.25, 0.3) is 5.17 Å². The molecule has 0 heterocycles. The van der Waals surface area contributed by atoms with Crippen LogP contribution in [0.5, 0.6) is 0 Å². The molecule has 2 nitrogen and oxygen atoms in total. The highest BCUT2D eigenvalue weighted by atomic mass is 32.1. The SMILES string of the molecule is CCNC(=S)OC(/C=C/C(C)C)C(C)C. The quantitative estimate of drug-likeness (QED) is 0.578. The molecule has 0 aliphatic carbocycles. The van der Waals surface area contributed by atoms with E-state index in [1.54, 1.807) is 0 Å². The number of nitrogens with one attached hydrogen (secondary N) is 1. The molecular formula is C12H23NOS. The van der Waals surface area contributed by atoms with Gasteiger partial charge in [0.15, 0.2) is 0 Å². The summed E-state index contributed by atoms with van der Waals surface area (Å²) in [6, 6.07) is 0. The maximum absolute atomic E-state index is 5.64. The Morgan fingerprint density at radius 3 is 2.27 bits per heavy atom. The third-order valence-electron chi connectivity index (χ3n) is 1.91. The van der Waals surface area contributed by atoms with Gasteiger partial charge in [0.2, 0.25) is 0 Å². The first-order chi connectivity index (χ1) is 6.97. The summed E-state index contributed by atoms with van der Waals surface area (Å²) in [6.45, 7) is 11.4. The first kappa shape index (κ1) is 14.4. The summed E-state index contributed by atoms with van der Waals surface area (Å²) in [7, 11) is 0. The van der Waals surface area contributed by atoms with Crippen molar-refractivity contribution < 1.29 is 4.74 Å². The van der Waals surface area contributed by atoms with Gasteiger partial charge in [-0.3, -0.25) is 0 Å². The summed E-state index contributed by atoms with van der Waals surface area (Å²) < 4.78 is 5.64. The molecule has 0 aromatic heterocycles. The van der Waals surface area contributed by atoms with E-state index in [-0.39, 0.29) is 6.10 Å². The second-order valence-electron chi connectivity index (χ2n) is 4.27. The van der Waals surface area contributed by atoms with Crippen LogP contribution in [0.3, 0.4) is 0 Å². The van der Waals surface area contributed by atoms with Gasteiger partial charge in [-0.15, -0.1) is 0 Å². The molecule has 0 fully saturated rings. The Balaban J connectivity index is 4.22. The van der Waals surface area contributed by atoms with Gasteiger partial charge in [0.1, 0.15) is 6.10 Å². The molecule has 3 heteroatoms. The van der Waals surface area contributed by atoms with Crippen LogP contribution in [0.15, 0.2) is 12.2 Å². The fourth-order valence-electron chi connectivity index (χ4n) is 1.04. The molecule has 0 aromatic carbocycles. The number of hydrogen-bond donors (Lipinski definition) is 1. The molecule has 15 heavy (non-hydrogen) atoms. The Bertz CT molecular complexity index is 212. The molecule has 0 spiro atoms. The van der Waals surface area contributed by atoms with Gasteiger partial charge in [0, 0.05) is 6.54 Å². The molecule has 0 saturated heterocycles. The topological polar surface area (TPSA) is 21.3 Å². The number of allylic oxidation sites excluding steroid dienone is 1. The van der Waals surface area contributed by atoms with Gasteiger partial charge in [-0.2, -0.15) is 0 Å². The lowest BCUT2D eigenvalue weighted by Gasteiger charge is -2.20. The summed E-state index contributed by atoms with van der Waals surface area (Å²) in [4.78, 5) is 0. The molecule has 0 aromatic rings. The molecule has 0 aliphatic heterocycles. The van der Waals surface area contributed by atoms with E-state index >= 15 is 0 Å². The zero-order valence-corrected chi connectivity index (χ0v) is 11.2. The minimum Gasteiger partial charge on any atom is -0.463 e. The number of hydrogen-bond acceptors (Lipinski definition) is 2. The zero-order chi connectivity index (χ0) is 11.8. The van der Waals surface area contributed by atoms with Crippen LogP contribution in [-0.4, -0.2) is 17.8 Å². The highest BCUT2D eigenvalue weighted by Crippen LogP contribution is 2.10. The molecule has 0 saturated carbocycles. The monoisotopic (exact) mass is 229 g/mol. The third-order valence-corrected chi connectivity index (χ3v) is 2.15. The van der Waals surface area contributed by atoms with Crippen LogP contribution in [0.4, 0.5) is 0 Å². The molecule has 88 valence electrons. The van der Waals surface area contributed by atoms with E-state index in [9.17, 15) is 0 Å². The van der Waals surface area contributed by atoms with Crippen LogP contribution < -0.4 is 5.32 Å². The molecule has 0 amide bonds. The van der Waals surface area contributed by atoms with E-state index < -0.39 is 0 Å². The second kappa shape index (κ2) is 7.69. The maximum Gasteiger partial charge on any atom is 0.257 e. The van der Waals surface area contributed by atoms with Crippen molar-refractivity contribution in [2.45, 2.75) is 40.7 Å². The standard InChI is InChI=1S/C12H23NOS/c1-6-13-12(15)14-11(10(4)5)8-7-9(2)3/h7-11H,6H2,1-5H3,(H,13,15)/b8-7+. The first-order valence-corrected chi connectivity index (χ1v) is 6.01.